The fourth-order valence-electron chi connectivity index (χ4n) is 3.73. The average molecular weight is 415 g/mol. The molecule has 1 atom stereocenters. The number of thioether (sulfide) groups is 1. The van der Waals surface area contributed by atoms with Crippen LogP contribution in [0, 0.1) is 0 Å². The van der Waals surface area contributed by atoms with Gasteiger partial charge in [-0.3, -0.25) is 9.36 Å². The van der Waals surface area contributed by atoms with Gasteiger partial charge < -0.3 is 5.32 Å². The molecule has 1 unspecified atom stereocenters. The summed E-state index contributed by atoms with van der Waals surface area (Å²) in [4.78, 5) is 12.2. The number of carbonyl (C=O) groups excluding carboxylic acids is 1. The van der Waals surface area contributed by atoms with E-state index in [-0.39, 0.29) is 17.4 Å². The van der Waals surface area contributed by atoms with Crippen molar-refractivity contribution >= 4 is 17.7 Å². The molecular weight excluding hydrogens is 380 g/mol. The quantitative estimate of drug-likeness (QED) is 0.619. The fraction of sp³-hybridized carbons (Fsp3) is 0.609. The van der Waals surface area contributed by atoms with Crippen LogP contribution in [-0.2, 0) is 10.2 Å². The van der Waals surface area contributed by atoms with E-state index in [1.54, 1.807) is 0 Å². The first-order valence-corrected chi connectivity index (χ1v) is 11.8. The first-order chi connectivity index (χ1) is 13.8. The van der Waals surface area contributed by atoms with Crippen LogP contribution in [0.2, 0.25) is 0 Å². The van der Waals surface area contributed by atoms with E-state index in [4.69, 9.17) is 0 Å². The Morgan fingerprint density at radius 3 is 2.45 bits per heavy atom. The van der Waals surface area contributed by atoms with Gasteiger partial charge in [0, 0.05) is 17.6 Å². The molecule has 1 N–H and O–H groups in total. The Balaban J connectivity index is 1.83. The van der Waals surface area contributed by atoms with Crippen molar-refractivity contribution in [3.8, 4) is 11.4 Å². The molecule has 1 fully saturated rings. The van der Waals surface area contributed by atoms with Crippen molar-refractivity contribution in [1.29, 1.82) is 0 Å². The Morgan fingerprint density at radius 2 is 1.86 bits per heavy atom. The molecule has 0 aliphatic heterocycles. The highest BCUT2D eigenvalue weighted by molar-refractivity contribution is 7.99. The van der Waals surface area contributed by atoms with Gasteiger partial charge in [0.1, 0.15) is 0 Å². The lowest BCUT2D eigenvalue weighted by Crippen LogP contribution is -2.33. The van der Waals surface area contributed by atoms with Crippen LogP contribution in [0.25, 0.3) is 11.4 Å². The fourth-order valence-corrected chi connectivity index (χ4v) is 4.55. The molecular formula is C23H34N4OS. The van der Waals surface area contributed by atoms with Crippen molar-refractivity contribution < 1.29 is 4.79 Å². The number of nitrogens with one attached hydrogen (secondary N) is 1. The zero-order valence-corrected chi connectivity index (χ0v) is 19.2. The van der Waals surface area contributed by atoms with Crippen LogP contribution in [0.5, 0.6) is 0 Å². The largest absolute Gasteiger partial charge is 0.353 e. The lowest BCUT2D eigenvalue weighted by atomic mass is 9.86. The second kappa shape index (κ2) is 9.33. The van der Waals surface area contributed by atoms with E-state index in [9.17, 15) is 4.79 Å². The molecule has 0 spiro atoms. The van der Waals surface area contributed by atoms with Gasteiger partial charge in [-0.05, 0) is 37.2 Å². The topological polar surface area (TPSA) is 59.8 Å². The minimum atomic E-state index is 0.0569. The Labute approximate surface area is 179 Å². The summed E-state index contributed by atoms with van der Waals surface area (Å²) in [6, 6.07) is 9.31. The number of amides is 1. The second-order valence-electron chi connectivity index (χ2n) is 9.11. The van der Waals surface area contributed by atoms with Crippen LogP contribution in [0.15, 0.2) is 29.4 Å². The maximum Gasteiger partial charge on any atom is 0.230 e. The molecule has 1 aliphatic carbocycles. The van der Waals surface area contributed by atoms with Crippen LogP contribution in [-0.4, -0.2) is 32.5 Å². The monoisotopic (exact) mass is 414 g/mol. The van der Waals surface area contributed by atoms with Crippen LogP contribution in [0.1, 0.15) is 78.3 Å². The Kier molecular flexibility index (Phi) is 7.04. The first-order valence-electron chi connectivity index (χ1n) is 10.8. The number of nitrogens with zero attached hydrogens (tertiary/aromatic N) is 3. The molecule has 0 saturated heterocycles. The summed E-state index contributed by atoms with van der Waals surface area (Å²) in [5, 5.41) is 12.9. The third-order valence-electron chi connectivity index (χ3n) is 5.72. The van der Waals surface area contributed by atoms with E-state index in [1.807, 2.05) is 6.92 Å². The maximum atomic E-state index is 12.2. The summed E-state index contributed by atoms with van der Waals surface area (Å²) in [6.45, 7) is 10.8. The molecule has 1 aromatic carbocycles. The minimum Gasteiger partial charge on any atom is -0.353 e. The summed E-state index contributed by atoms with van der Waals surface area (Å²) in [6.07, 6.45) is 5.71. The molecule has 29 heavy (non-hydrogen) atoms. The summed E-state index contributed by atoms with van der Waals surface area (Å²) >= 11 is 1.49. The van der Waals surface area contributed by atoms with Crippen LogP contribution >= 0.6 is 11.8 Å². The van der Waals surface area contributed by atoms with Crippen molar-refractivity contribution in [3.05, 3.63) is 29.8 Å². The molecule has 6 heteroatoms. The molecule has 1 aromatic heterocycles. The van der Waals surface area contributed by atoms with Gasteiger partial charge in [-0.25, -0.2) is 0 Å². The summed E-state index contributed by atoms with van der Waals surface area (Å²) in [7, 11) is 0. The molecule has 1 aliphatic rings. The average Bonchev–Trinajstić information content (AvgIpc) is 3.35. The van der Waals surface area contributed by atoms with E-state index in [1.165, 1.54) is 30.2 Å². The normalized spacial score (nSPS) is 16.2. The van der Waals surface area contributed by atoms with Gasteiger partial charge in [0.05, 0.1) is 5.75 Å². The van der Waals surface area contributed by atoms with E-state index < -0.39 is 0 Å². The molecule has 158 valence electrons. The molecule has 1 saturated carbocycles. The van der Waals surface area contributed by atoms with Crippen LogP contribution < -0.4 is 5.32 Å². The molecule has 1 amide bonds. The van der Waals surface area contributed by atoms with Crippen molar-refractivity contribution in [2.75, 3.05) is 5.75 Å². The van der Waals surface area contributed by atoms with Crippen LogP contribution in [0.4, 0.5) is 0 Å². The number of aromatic nitrogens is 3. The Bertz CT molecular complexity index is 816. The van der Waals surface area contributed by atoms with Crippen LogP contribution in [0.3, 0.4) is 0 Å². The second-order valence-corrected chi connectivity index (χ2v) is 10.0. The van der Waals surface area contributed by atoms with Crippen molar-refractivity contribution in [2.45, 2.75) is 89.4 Å². The van der Waals surface area contributed by atoms with E-state index >= 15 is 0 Å². The number of rotatable bonds is 7. The van der Waals surface area contributed by atoms with Crippen molar-refractivity contribution in [3.63, 3.8) is 0 Å². The van der Waals surface area contributed by atoms with Gasteiger partial charge in [0.2, 0.25) is 5.91 Å². The SMILES string of the molecule is CCC(C)NC(=O)CSc1nnc(-c2ccc(C(C)(C)C)cc2)n1C1CCCC1. The Morgan fingerprint density at radius 1 is 1.21 bits per heavy atom. The zero-order valence-electron chi connectivity index (χ0n) is 18.4. The summed E-state index contributed by atoms with van der Waals surface area (Å²) < 4.78 is 2.28. The highest BCUT2D eigenvalue weighted by Crippen LogP contribution is 2.37. The molecule has 0 radical (unpaired) electrons. The Hall–Kier alpha value is -1.82. The highest BCUT2D eigenvalue weighted by Gasteiger charge is 2.25. The van der Waals surface area contributed by atoms with Gasteiger partial charge in [-0.1, -0.05) is 76.6 Å². The molecule has 1 heterocycles. The van der Waals surface area contributed by atoms with E-state index in [0.29, 0.717) is 11.8 Å². The molecule has 5 nitrogen and oxygen atoms in total. The van der Waals surface area contributed by atoms with Gasteiger partial charge in [0.25, 0.3) is 0 Å². The number of hydrogen-bond donors (Lipinski definition) is 1. The van der Waals surface area contributed by atoms with Gasteiger partial charge in [-0.2, -0.15) is 0 Å². The third kappa shape index (κ3) is 5.41. The number of benzene rings is 1. The van der Waals surface area contributed by atoms with E-state index in [0.717, 1.165) is 35.8 Å². The lowest BCUT2D eigenvalue weighted by molar-refractivity contribution is -0.119. The number of hydrogen-bond acceptors (Lipinski definition) is 4. The third-order valence-corrected chi connectivity index (χ3v) is 6.66. The van der Waals surface area contributed by atoms with E-state index in [2.05, 4.69) is 72.0 Å². The standard InChI is InChI=1S/C23H34N4OS/c1-6-16(2)24-20(28)15-29-22-26-25-21(27(22)19-9-7-8-10-19)17-11-13-18(14-12-17)23(3,4)5/h11-14,16,19H,6-10,15H2,1-5H3,(H,24,28). The molecule has 0 bridgehead atoms. The van der Waals surface area contributed by atoms with Crippen molar-refractivity contribution in [1.82, 2.24) is 20.1 Å². The molecule has 3 rings (SSSR count). The van der Waals surface area contributed by atoms with Crippen molar-refractivity contribution in [2.24, 2.45) is 0 Å². The highest BCUT2D eigenvalue weighted by atomic mass is 32.2. The smallest absolute Gasteiger partial charge is 0.230 e. The zero-order chi connectivity index (χ0) is 21.0. The molecule has 2 aromatic rings. The predicted molar refractivity (Wildman–Crippen MR) is 120 cm³/mol. The maximum absolute atomic E-state index is 12.2. The number of carbonyl (C=O) groups is 1. The van der Waals surface area contributed by atoms with Gasteiger partial charge in [0.15, 0.2) is 11.0 Å². The lowest BCUT2D eigenvalue weighted by Gasteiger charge is -2.20. The predicted octanol–water partition coefficient (Wildman–Crippen LogP) is 5.36. The first kappa shape index (κ1) is 21.9. The minimum absolute atomic E-state index is 0.0569. The summed E-state index contributed by atoms with van der Waals surface area (Å²) in [5.74, 6) is 1.35. The van der Waals surface area contributed by atoms with Gasteiger partial charge in [-0.15, -0.1) is 10.2 Å². The summed E-state index contributed by atoms with van der Waals surface area (Å²) in [5.41, 5.74) is 2.53. The van der Waals surface area contributed by atoms with Gasteiger partial charge >= 0.3 is 0 Å².